The first-order chi connectivity index (χ1) is 14.5. The van der Waals surface area contributed by atoms with Crippen molar-refractivity contribution < 1.29 is 19.4 Å². The minimum atomic E-state index is -0.356. The number of benzene rings is 2. The van der Waals surface area contributed by atoms with Gasteiger partial charge in [-0.2, -0.15) is 0 Å². The summed E-state index contributed by atoms with van der Waals surface area (Å²) in [6.07, 6.45) is 4.34. The van der Waals surface area contributed by atoms with Crippen molar-refractivity contribution in [2.24, 2.45) is 5.92 Å². The maximum Gasteiger partial charge on any atom is 0.338 e. The SMILES string of the molecule is CCCCC(CC)COC(=O)c1ccc2nn(-c3ccc(OCC)cc3O)nc2c1. The van der Waals surface area contributed by atoms with Crippen molar-refractivity contribution in [3.8, 4) is 17.2 Å². The third-order valence-corrected chi connectivity index (χ3v) is 5.08. The molecule has 0 radical (unpaired) electrons. The number of unbranched alkanes of at least 4 members (excludes halogenated alkanes) is 1. The van der Waals surface area contributed by atoms with Gasteiger partial charge in [-0.15, -0.1) is 15.0 Å². The summed E-state index contributed by atoms with van der Waals surface area (Å²) in [5, 5.41) is 19.1. The number of fused-ring (bicyclic) bond motifs is 1. The van der Waals surface area contributed by atoms with Crippen molar-refractivity contribution in [2.75, 3.05) is 13.2 Å². The van der Waals surface area contributed by atoms with Crippen LogP contribution in [0.2, 0.25) is 0 Å². The highest BCUT2D eigenvalue weighted by atomic mass is 16.5. The van der Waals surface area contributed by atoms with E-state index >= 15 is 0 Å². The van der Waals surface area contributed by atoms with E-state index in [0.717, 1.165) is 25.7 Å². The molecule has 160 valence electrons. The molecule has 0 aliphatic carbocycles. The Morgan fingerprint density at radius 1 is 1.10 bits per heavy atom. The first kappa shape index (κ1) is 21.6. The summed E-state index contributed by atoms with van der Waals surface area (Å²) in [4.78, 5) is 13.8. The van der Waals surface area contributed by atoms with E-state index in [0.29, 0.717) is 47.2 Å². The molecule has 0 aliphatic rings. The van der Waals surface area contributed by atoms with Crippen LogP contribution in [-0.4, -0.2) is 39.3 Å². The lowest BCUT2D eigenvalue weighted by molar-refractivity contribution is 0.0428. The Bertz CT molecular complexity index is 999. The van der Waals surface area contributed by atoms with Crippen molar-refractivity contribution in [1.29, 1.82) is 0 Å². The Labute approximate surface area is 176 Å². The number of hydrogen-bond donors (Lipinski definition) is 1. The van der Waals surface area contributed by atoms with E-state index in [1.807, 2.05) is 6.92 Å². The first-order valence-electron chi connectivity index (χ1n) is 10.6. The summed E-state index contributed by atoms with van der Waals surface area (Å²) < 4.78 is 10.9. The van der Waals surface area contributed by atoms with E-state index in [2.05, 4.69) is 24.0 Å². The second kappa shape index (κ2) is 10.1. The number of hydrogen-bond acceptors (Lipinski definition) is 6. The largest absolute Gasteiger partial charge is 0.505 e. The van der Waals surface area contributed by atoms with Gasteiger partial charge in [-0.1, -0.05) is 33.1 Å². The predicted molar refractivity (Wildman–Crippen MR) is 115 cm³/mol. The third kappa shape index (κ3) is 5.09. The van der Waals surface area contributed by atoms with Crippen LogP contribution >= 0.6 is 0 Å². The number of esters is 1. The lowest BCUT2D eigenvalue weighted by atomic mass is 10.0. The van der Waals surface area contributed by atoms with Crippen LogP contribution in [0.25, 0.3) is 16.7 Å². The molecule has 3 aromatic rings. The Morgan fingerprint density at radius 2 is 1.90 bits per heavy atom. The maximum absolute atomic E-state index is 12.5. The van der Waals surface area contributed by atoms with Gasteiger partial charge in [0, 0.05) is 6.07 Å². The molecule has 0 saturated carbocycles. The van der Waals surface area contributed by atoms with Gasteiger partial charge in [-0.05, 0) is 49.6 Å². The summed E-state index contributed by atoms with van der Waals surface area (Å²) in [5.74, 6) is 0.620. The number of rotatable bonds is 10. The van der Waals surface area contributed by atoms with Gasteiger partial charge in [0.1, 0.15) is 28.2 Å². The molecule has 0 amide bonds. The zero-order valence-corrected chi connectivity index (χ0v) is 17.8. The van der Waals surface area contributed by atoms with E-state index < -0.39 is 0 Å². The molecule has 2 aromatic carbocycles. The molecule has 1 atom stereocenters. The minimum absolute atomic E-state index is 0.0126. The number of carbonyl (C=O) groups excluding carboxylic acids is 1. The molecule has 3 rings (SSSR count). The maximum atomic E-state index is 12.5. The number of phenolic OH excluding ortho intramolecular Hbond substituents is 1. The fourth-order valence-corrected chi connectivity index (χ4v) is 3.25. The molecular formula is C23H29N3O4. The van der Waals surface area contributed by atoms with Crippen LogP contribution in [0.4, 0.5) is 0 Å². The van der Waals surface area contributed by atoms with Gasteiger partial charge in [0.15, 0.2) is 0 Å². The van der Waals surface area contributed by atoms with Crippen LogP contribution in [-0.2, 0) is 4.74 Å². The van der Waals surface area contributed by atoms with E-state index in [1.165, 1.54) is 10.9 Å². The van der Waals surface area contributed by atoms with Crippen LogP contribution in [0.15, 0.2) is 36.4 Å². The normalized spacial score (nSPS) is 12.1. The van der Waals surface area contributed by atoms with Crippen LogP contribution in [0.5, 0.6) is 11.5 Å². The van der Waals surface area contributed by atoms with Crippen molar-refractivity contribution in [1.82, 2.24) is 15.0 Å². The van der Waals surface area contributed by atoms with Crippen molar-refractivity contribution in [3.63, 3.8) is 0 Å². The Hall–Kier alpha value is -3.09. The molecule has 0 fully saturated rings. The number of ether oxygens (including phenoxy) is 2. The highest BCUT2D eigenvalue weighted by Gasteiger charge is 2.15. The van der Waals surface area contributed by atoms with Gasteiger partial charge >= 0.3 is 5.97 Å². The molecule has 7 heteroatoms. The quantitative estimate of drug-likeness (QED) is 0.478. The van der Waals surface area contributed by atoms with Gasteiger partial charge in [-0.25, -0.2) is 4.79 Å². The molecule has 7 nitrogen and oxygen atoms in total. The molecule has 0 bridgehead atoms. The van der Waals surface area contributed by atoms with E-state index in [-0.39, 0.29) is 11.7 Å². The standard InChI is InChI=1S/C23H29N3O4/c1-4-7-8-16(5-2)15-30-23(28)17-9-11-19-20(13-17)25-26(24-19)21-12-10-18(29-6-3)14-22(21)27/h9-14,16,27H,4-8,15H2,1-3H3. The smallest absolute Gasteiger partial charge is 0.338 e. The molecule has 1 unspecified atom stereocenters. The van der Waals surface area contributed by atoms with Crippen LogP contribution in [0, 0.1) is 5.92 Å². The van der Waals surface area contributed by atoms with E-state index in [9.17, 15) is 9.90 Å². The average molecular weight is 412 g/mol. The van der Waals surface area contributed by atoms with Crippen molar-refractivity contribution in [3.05, 3.63) is 42.0 Å². The topological polar surface area (TPSA) is 86.5 Å². The van der Waals surface area contributed by atoms with Crippen molar-refractivity contribution >= 4 is 17.0 Å². The van der Waals surface area contributed by atoms with Crippen molar-refractivity contribution in [2.45, 2.75) is 46.5 Å². The number of carbonyl (C=O) groups is 1. The minimum Gasteiger partial charge on any atom is -0.505 e. The van der Waals surface area contributed by atoms with E-state index in [4.69, 9.17) is 9.47 Å². The van der Waals surface area contributed by atoms with Gasteiger partial charge in [0.25, 0.3) is 0 Å². The van der Waals surface area contributed by atoms with Gasteiger partial charge < -0.3 is 14.6 Å². The fourth-order valence-electron chi connectivity index (χ4n) is 3.25. The van der Waals surface area contributed by atoms with Crippen LogP contribution in [0.1, 0.15) is 56.8 Å². The average Bonchev–Trinajstić information content (AvgIpc) is 3.17. The second-order valence-electron chi connectivity index (χ2n) is 7.29. The number of nitrogens with zero attached hydrogens (tertiary/aromatic N) is 3. The second-order valence-corrected chi connectivity index (χ2v) is 7.29. The van der Waals surface area contributed by atoms with Gasteiger partial charge in [0.05, 0.1) is 18.8 Å². The molecule has 1 aromatic heterocycles. The lowest BCUT2D eigenvalue weighted by Gasteiger charge is -2.14. The number of aromatic hydroxyl groups is 1. The molecule has 0 aliphatic heterocycles. The Morgan fingerprint density at radius 3 is 2.60 bits per heavy atom. The molecule has 0 saturated heterocycles. The molecule has 0 spiro atoms. The zero-order chi connectivity index (χ0) is 21.5. The van der Waals surface area contributed by atoms with E-state index in [1.54, 1.807) is 30.3 Å². The molecule has 30 heavy (non-hydrogen) atoms. The summed E-state index contributed by atoms with van der Waals surface area (Å²) >= 11 is 0. The number of aromatic nitrogens is 3. The monoisotopic (exact) mass is 411 g/mol. The molecule has 1 heterocycles. The molecular weight excluding hydrogens is 382 g/mol. The highest BCUT2D eigenvalue weighted by Crippen LogP contribution is 2.27. The summed E-state index contributed by atoms with van der Waals surface area (Å²) in [6, 6.07) is 10.1. The fraction of sp³-hybridized carbons (Fsp3) is 0.435. The van der Waals surface area contributed by atoms with Crippen LogP contribution < -0.4 is 4.74 Å². The Balaban J connectivity index is 1.75. The zero-order valence-electron chi connectivity index (χ0n) is 17.8. The first-order valence-corrected chi connectivity index (χ1v) is 10.6. The predicted octanol–water partition coefficient (Wildman–Crippen LogP) is 4.90. The lowest BCUT2D eigenvalue weighted by Crippen LogP contribution is -2.14. The number of phenols is 1. The van der Waals surface area contributed by atoms with Gasteiger partial charge in [0.2, 0.25) is 0 Å². The van der Waals surface area contributed by atoms with Gasteiger partial charge in [-0.3, -0.25) is 0 Å². The summed E-state index contributed by atoms with van der Waals surface area (Å²) in [7, 11) is 0. The molecule has 1 N–H and O–H groups in total. The summed E-state index contributed by atoms with van der Waals surface area (Å²) in [6.45, 7) is 7.10. The highest BCUT2D eigenvalue weighted by molar-refractivity contribution is 5.93. The summed E-state index contributed by atoms with van der Waals surface area (Å²) in [5.41, 5.74) is 2.04. The van der Waals surface area contributed by atoms with Crippen LogP contribution in [0.3, 0.4) is 0 Å². The third-order valence-electron chi connectivity index (χ3n) is 5.08. The Kier molecular flexibility index (Phi) is 7.27.